The largest absolute Gasteiger partial charge is 0.494 e. The molecule has 3 heterocycles. The third-order valence-corrected chi connectivity index (χ3v) is 5.63. The second-order valence-corrected chi connectivity index (χ2v) is 7.47. The number of fused-ring (bicyclic) bond motifs is 1. The van der Waals surface area contributed by atoms with E-state index < -0.39 is 11.9 Å². The molecule has 158 valence electrons. The van der Waals surface area contributed by atoms with Gasteiger partial charge in [-0.1, -0.05) is 17.7 Å². The van der Waals surface area contributed by atoms with Crippen LogP contribution in [0.5, 0.6) is 5.75 Å². The molecule has 1 aromatic carbocycles. The number of ether oxygens (including phenoxy) is 2. The summed E-state index contributed by atoms with van der Waals surface area (Å²) in [5.41, 5.74) is 7.22. The van der Waals surface area contributed by atoms with Crippen LogP contribution in [-0.2, 0) is 11.3 Å². The van der Waals surface area contributed by atoms with E-state index in [0.717, 1.165) is 0 Å². The Morgan fingerprint density at radius 3 is 2.70 bits per heavy atom. The molecule has 1 aromatic heterocycles. The average Bonchev–Trinajstić information content (AvgIpc) is 3.09. The fraction of sp³-hybridized carbons (Fsp3) is 0.350. The Hall–Kier alpha value is -3.07. The highest BCUT2D eigenvalue weighted by Crippen LogP contribution is 2.40. The van der Waals surface area contributed by atoms with E-state index in [1.807, 2.05) is 4.90 Å². The predicted molar refractivity (Wildman–Crippen MR) is 108 cm³/mol. The van der Waals surface area contributed by atoms with E-state index in [4.69, 9.17) is 26.8 Å². The summed E-state index contributed by atoms with van der Waals surface area (Å²) in [6.07, 6.45) is 0.0531. The zero-order chi connectivity index (χ0) is 21.4. The molecular formula is C20H20ClFN4O4. The molecule has 1 fully saturated rings. The summed E-state index contributed by atoms with van der Waals surface area (Å²) < 4.78 is 24.3. The lowest BCUT2D eigenvalue weighted by Gasteiger charge is -2.33. The fourth-order valence-electron chi connectivity index (χ4n) is 3.96. The number of piperidine rings is 1. The minimum Gasteiger partial charge on any atom is -0.494 e. The summed E-state index contributed by atoms with van der Waals surface area (Å²) in [4.78, 5) is 30.0. The highest BCUT2D eigenvalue weighted by molar-refractivity contribution is 6.33. The number of carbonyl (C=O) groups is 2. The highest BCUT2D eigenvalue weighted by Gasteiger charge is 2.33. The molecule has 3 N–H and O–H groups in total. The van der Waals surface area contributed by atoms with Gasteiger partial charge in [-0.15, -0.1) is 0 Å². The van der Waals surface area contributed by atoms with Crippen LogP contribution in [0.1, 0.15) is 28.8 Å². The molecule has 4 rings (SSSR count). The molecule has 0 aliphatic carbocycles. The van der Waals surface area contributed by atoms with Gasteiger partial charge in [0.1, 0.15) is 17.1 Å². The smallest absolute Gasteiger partial charge is 0.404 e. The number of hydrogen-bond donors (Lipinski definition) is 2. The lowest BCUT2D eigenvalue weighted by atomic mass is 9.97. The van der Waals surface area contributed by atoms with Crippen LogP contribution in [0.2, 0.25) is 5.15 Å². The van der Waals surface area contributed by atoms with Crippen molar-refractivity contribution < 1.29 is 23.5 Å². The van der Waals surface area contributed by atoms with Gasteiger partial charge < -0.3 is 25.4 Å². The van der Waals surface area contributed by atoms with Crippen LogP contribution >= 0.6 is 11.6 Å². The molecule has 2 amide bonds. The van der Waals surface area contributed by atoms with Crippen LogP contribution < -0.4 is 20.7 Å². The van der Waals surface area contributed by atoms with Crippen molar-refractivity contribution in [3.8, 4) is 16.9 Å². The Morgan fingerprint density at radius 1 is 1.33 bits per heavy atom. The Labute approximate surface area is 177 Å². The molecule has 0 radical (unpaired) electrons. The van der Waals surface area contributed by atoms with Crippen LogP contribution in [0.3, 0.4) is 0 Å². The quantitative estimate of drug-likeness (QED) is 0.716. The molecule has 10 heteroatoms. The van der Waals surface area contributed by atoms with Gasteiger partial charge in [0.15, 0.2) is 11.6 Å². The van der Waals surface area contributed by atoms with Crippen molar-refractivity contribution in [2.45, 2.75) is 25.5 Å². The van der Waals surface area contributed by atoms with Gasteiger partial charge in [-0.3, -0.25) is 4.79 Å². The molecular weight excluding hydrogens is 415 g/mol. The number of hydrogen-bond acceptors (Lipinski definition) is 6. The number of benzene rings is 1. The first-order chi connectivity index (χ1) is 14.4. The zero-order valence-electron chi connectivity index (χ0n) is 16.2. The van der Waals surface area contributed by atoms with E-state index in [-0.39, 0.29) is 29.5 Å². The van der Waals surface area contributed by atoms with E-state index in [0.29, 0.717) is 54.0 Å². The van der Waals surface area contributed by atoms with Gasteiger partial charge in [0.05, 0.1) is 12.7 Å². The van der Waals surface area contributed by atoms with Gasteiger partial charge in [0.2, 0.25) is 0 Å². The normalized spacial score (nSPS) is 16.2. The summed E-state index contributed by atoms with van der Waals surface area (Å²) in [7, 11) is 1.39. The van der Waals surface area contributed by atoms with Crippen LogP contribution in [0.4, 0.5) is 15.0 Å². The molecule has 0 bridgehead atoms. The Balaban J connectivity index is 1.71. The maximum atomic E-state index is 14.3. The van der Waals surface area contributed by atoms with Crippen LogP contribution in [0.15, 0.2) is 18.2 Å². The summed E-state index contributed by atoms with van der Waals surface area (Å²) >= 11 is 6.52. The Morgan fingerprint density at radius 2 is 2.07 bits per heavy atom. The minimum atomic E-state index is -0.800. The first kappa shape index (κ1) is 20.2. The second-order valence-electron chi connectivity index (χ2n) is 7.11. The predicted octanol–water partition coefficient (Wildman–Crippen LogP) is 2.86. The van der Waals surface area contributed by atoms with Crippen molar-refractivity contribution in [2.75, 3.05) is 25.1 Å². The van der Waals surface area contributed by atoms with E-state index in [2.05, 4.69) is 10.3 Å². The molecule has 0 saturated carbocycles. The molecule has 2 aliphatic rings. The first-order valence-corrected chi connectivity index (χ1v) is 9.82. The molecule has 0 spiro atoms. The summed E-state index contributed by atoms with van der Waals surface area (Å²) in [5.74, 6) is -0.195. The number of aromatic nitrogens is 1. The minimum absolute atomic E-state index is 0.117. The Bertz CT molecular complexity index is 1020. The number of primary amides is 1. The SMILES string of the molecule is COc1ccc(-c2c(Cl)nc(N3CCC(OC(N)=O)CC3)c3c2CNC3=O)cc1F. The van der Waals surface area contributed by atoms with Crippen molar-refractivity contribution in [3.63, 3.8) is 0 Å². The second kappa shape index (κ2) is 7.98. The lowest BCUT2D eigenvalue weighted by Crippen LogP contribution is -2.39. The molecule has 2 aromatic rings. The topological polar surface area (TPSA) is 107 Å². The average molecular weight is 435 g/mol. The van der Waals surface area contributed by atoms with E-state index in [1.54, 1.807) is 6.07 Å². The number of rotatable bonds is 4. The van der Waals surface area contributed by atoms with Crippen molar-refractivity contribution in [1.29, 1.82) is 0 Å². The zero-order valence-corrected chi connectivity index (χ0v) is 17.0. The highest BCUT2D eigenvalue weighted by atomic mass is 35.5. The number of nitrogens with zero attached hydrogens (tertiary/aromatic N) is 2. The third-order valence-electron chi connectivity index (χ3n) is 5.36. The van der Waals surface area contributed by atoms with Crippen LogP contribution in [0, 0.1) is 5.82 Å². The standard InChI is InChI=1S/C20H20ClFN4O4/c1-29-14-3-2-10(8-13(14)22)15-12-9-24-19(27)16(12)18(25-17(15)21)26-6-4-11(5-7-26)30-20(23)28/h2-3,8,11H,4-7,9H2,1H3,(H2,23,28)(H,24,27). The number of anilines is 1. The first-order valence-electron chi connectivity index (χ1n) is 9.44. The number of halogens is 2. The molecule has 0 unspecified atom stereocenters. The van der Waals surface area contributed by atoms with Crippen LogP contribution in [-0.4, -0.2) is 43.3 Å². The number of amides is 2. The summed E-state index contributed by atoms with van der Waals surface area (Å²) in [5, 5.41) is 2.99. The van der Waals surface area contributed by atoms with Gasteiger partial charge in [0.25, 0.3) is 5.91 Å². The summed E-state index contributed by atoms with van der Waals surface area (Å²) in [6.45, 7) is 1.32. The van der Waals surface area contributed by atoms with Gasteiger partial charge >= 0.3 is 6.09 Å². The van der Waals surface area contributed by atoms with Crippen molar-refractivity contribution in [1.82, 2.24) is 10.3 Å². The maximum absolute atomic E-state index is 14.3. The van der Waals surface area contributed by atoms with E-state index in [1.165, 1.54) is 19.2 Å². The number of nitrogens with one attached hydrogen (secondary N) is 1. The number of methoxy groups -OCH3 is 1. The number of pyridine rings is 1. The molecule has 2 aliphatic heterocycles. The number of nitrogens with two attached hydrogens (primary N) is 1. The van der Waals surface area contributed by atoms with Gasteiger partial charge in [0, 0.05) is 38.0 Å². The van der Waals surface area contributed by atoms with E-state index in [9.17, 15) is 14.0 Å². The van der Waals surface area contributed by atoms with Crippen LogP contribution in [0.25, 0.3) is 11.1 Å². The maximum Gasteiger partial charge on any atom is 0.404 e. The Kier molecular flexibility index (Phi) is 5.38. The van der Waals surface area contributed by atoms with Gasteiger partial charge in [-0.05, 0) is 23.3 Å². The van der Waals surface area contributed by atoms with Crippen molar-refractivity contribution in [2.24, 2.45) is 5.73 Å². The molecule has 8 nitrogen and oxygen atoms in total. The third kappa shape index (κ3) is 3.60. The fourth-order valence-corrected chi connectivity index (χ4v) is 4.26. The molecule has 0 atom stereocenters. The van der Waals surface area contributed by atoms with Gasteiger partial charge in [-0.25, -0.2) is 14.2 Å². The lowest BCUT2D eigenvalue weighted by molar-refractivity contribution is 0.0911. The molecule has 30 heavy (non-hydrogen) atoms. The van der Waals surface area contributed by atoms with Crippen molar-refractivity contribution in [3.05, 3.63) is 40.3 Å². The summed E-state index contributed by atoms with van der Waals surface area (Å²) in [6, 6.07) is 4.51. The molecule has 1 saturated heterocycles. The monoisotopic (exact) mass is 434 g/mol. The van der Waals surface area contributed by atoms with Gasteiger partial charge in [-0.2, -0.15) is 0 Å². The number of carbonyl (C=O) groups excluding carboxylic acids is 2. The van der Waals surface area contributed by atoms with E-state index >= 15 is 0 Å². The van der Waals surface area contributed by atoms with Crippen molar-refractivity contribution >= 4 is 29.4 Å².